The largest absolute Gasteiger partial charge is 0.396 e. The average molecular weight is 1040 g/mol. The molecule has 0 bridgehead atoms. The zero-order valence-corrected chi connectivity index (χ0v) is 51.7. The molecule has 71 heavy (non-hydrogen) atoms. The quantitative estimate of drug-likeness (QED) is 0.0524. The molecule has 0 amide bonds. The van der Waals surface area contributed by atoms with Gasteiger partial charge in [-0.25, -0.2) is 8.78 Å². The van der Waals surface area contributed by atoms with E-state index in [1.165, 1.54) is 20.8 Å². The SMILES string of the molecule is C.CC(C)C(O)(CO)CO.CC(C)CCO.CC(C)[C@H](O)CN(C)C.CCC(CO)C(C)C.CCC(F)(F)C(C)C.CC[C@@H](O)C(C)C.CC[C@@](C)(O)C(C)C.CC[C@H](O)C(C)C.CC[C@](C)(O)C(C)C. The van der Waals surface area contributed by atoms with Crippen molar-refractivity contribution in [1.82, 2.24) is 4.90 Å². The summed E-state index contributed by atoms with van der Waals surface area (Å²) in [5, 5.41) is 89.2. The van der Waals surface area contributed by atoms with Crippen LogP contribution in [0.15, 0.2) is 0 Å². The number of rotatable bonds is 21. The first-order chi connectivity index (χ1) is 31.5. The molecular formula is C58H135F2NO10. The molecule has 0 fully saturated rings. The molecule has 0 aromatic rings. The van der Waals surface area contributed by atoms with Crippen molar-refractivity contribution < 1.29 is 59.8 Å². The van der Waals surface area contributed by atoms with Crippen molar-refractivity contribution in [1.29, 1.82) is 0 Å². The summed E-state index contributed by atoms with van der Waals surface area (Å²) < 4.78 is 24.6. The van der Waals surface area contributed by atoms with E-state index in [1.54, 1.807) is 13.8 Å². The number of alkyl halides is 2. The molecule has 0 saturated heterocycles. The Labute approximate surface area is 443 Å². The molecule has 13 heteroatoms. The van der Waals surface area contributed by atoms with Gasteiger partial charge in [-0.15, -0.1) is 0 Å². The minimum atomic E-state index is -2.46. The Morgan fingerprint density at radius 1 is 0.451 bits per heavy atom. The fourth-order valence-electron chi connectivity index (χ4n) is 4.24. The fourth-order valence-corrected chi connectivity index (χ4v) is 4.24. The van der Waals surface area contributed by atoms with Crippen LogP contribution in [0.1, 0.15) is 232 Å². The van der Waals surface area contributed by atoms with E-state index in [9.17, 15) is 29.2 Å². The molecule has 6 atom stereocenters. The molecule has 11 nitrogen and oxygen atoms in total. The van der Waals surface area contributed by atoms with Crippen LogP contribution in [-0.4, -0.2) is 144 Å². The normalized spacial score (nSPS) is 14.6. The number of hydrogen-bond acceptors (Lipinski definition) is 11. The smallest absolute Gasteiger partial charge is 0.250 e. The third kappa shape index (κ3) is 65.5. The van der Waals surface area contributed by atoms with Crippen LogP contribution in [0, 0.1) is 59.2 Å². The van der Waals surface area contributed by atoms with Crippen LogP contribution in [0.2, 0.25) is 0 Å². The first-order valence-corrected chi connectivity index (χ1v) is 27.1. The molecule has 0 aliphatic heterocycles. The number of nitrogens with zero attached hydrogens (tertiary/aromatic N) is 1. The maximum absolute atomic E-state index is 12.3. The fraction of sp³-hybridized carbons (Fsp3) is 1.00. The number of likely N-dealkylation sites (N-methyl/N-ethyl adjacent to an activating group) is 1. The van der Waals surface area contributed by atoms with Gasteiger partial charge in [0.1, 0.15) is 5.60 Å². The molecule has 0 aromatic heterocycles. The monoisotopic (exact) mass is 1040 g/mol. The van der Waals surface area contributed by atoms with Crippen molar-refractivity contribution in [3.05, 3.63) is 0 Å². The van der Waals surface area contributed by atoms with Crippen LogP contribution >= 0.6 is 0 Å². The molecular weight excluding hydrogens is 909 g/mol. The third-order valence-electron chi connectivity index (χ3n) is 13.0. The summed E-state index contributed by atoms with van der Waals surface area (Å²) in [5.74, 6) is 0.636. The lowest BCUT2D eigenvalue weighted by Crippen LogP contribution is -2.42. The topological polar surface area (TPSA) is 206 Å². The average Bonchev–Trinajstić information content (AvgIpc) is 3.26. The number of halogens is 2. The molecule has 0 rings (SSSR count). The summed E-state index contributed by atoms with van der Waals surface area (Å²) in [5.41, 5.74) is -2.22. The molecule has 10 N–H and O–H groups in total. The molecule has 0 aliphatic rings. The van der Waals surface area contributed by atoms with E-state index in [0.29, 0.717) is 60.6 Å². The first kappa shape index (κ1) is 93.0. The highest BCUT2D eigenvalue weighted by molar-refractivity contribution is 4.79. The summed E-state index contributed by atoms with van der Waals surface area (Å²) in [6.45, 7) is 51.3. The van der Waals surface area contributed by atoms with Crippen LogP contribution < -0.4 is 0 Å². The summed E-state index contributed by atoms with van der Waals surface area (Å²) >= 11 is 0. The van der Waals surface area contributed by atoms with E-state index in [0.717, 1.165) is 45.1 Å². The lowest BCUT2D eigenvalue weighted by molar-refractivity contribution is -0.0862. The second-order valence-electron chi connectivity index (χ2n) is 22.6. The Bertz CT molecular complexity index is 939. The summed E-state index contributed by atoms with van der Waals surface area (Å²) in [6, 6.07) is 0. The zero-order chi connectivity index (χ0) is 58.6. The van der Waals surface area contributed by atoms with Gasteiger partial charge in [-0.3, -0.25) is 0 Å². The second-order valence-corrected chi connectivity index (χ2v) is 22.6. The van der Waals surface area contributed by atoms with E-state index in [2.05, 4.69) is 34.6 Å². The maximum atomic E-state index is 12.3. The zero-order valence-electron chi connectivity index (χ0n) is 51.7. The lowest BCUT2D eigenvalue weighted by atomic mass is 9.90. The standard InChI is InChI=1S/C7H17NO.3C7H16O.C6H12F2.C6H14O3.2C6H14O.C5H12O.CH4/c1-6(2)7(9)5-8(3)4;2*1-5-7(4,8)6(2)3;1-4-7(5-8)6(2)3;1-4-6(7,8)5(2)3;1-5(2)6(9,3-7)4-8;2*1-4-6(7)5(2)3;1-5(2)3-4-6;/h6-7,9H,5H2,1-4H3;2*6,8H,5H2,1-4H3;6-8H,4-5H2,1-3H3;5H,4H2,1-3H3;5,7-9H,3-4H2,1-2H3;2*5-7H,4H2,1-3H3;5-6H,3-4H2,1-2H3;1H4/t3*7-;;;;2*6-;;/m110...10../s1. The van der Waals surface area contributed by atoms with Gasteiger partial charge < -0.3 is 56.0 Å². The molecule has 1 unspecified atom stereocenters. The van der Waals surface area contributed by atoms with Crippen molar-refractivity contribution in [3.63, 3.8) is 0 Å². The molecule has 0 spiro atoms. The lowest BCUT2D eigenvalue weighted by Gasteiger charge is -2.27. The Morgan fingerprint density at radius 2 is 0.761 bits per heavy atom. The third-order valence-corrected chi connectivity index (χ3v) is 13.0. The van der Waals surface area contributed by atoms with Gasteiger partial charge in [0.15, 0.2) is 0 Å². The van der Waals surface area contributed by atoms with Crippen LogP contribution in [0.25, 0.3) is 0 Å². The van der Waals surface area contributed by atoms with E-state index >= 15 is 0 Å². The van der Waals surface area contributed by atoms with E-state index in [4.69, 9.17) is 30.6 Å². The van der Waals surface area contributed by atoms with Gasteiger partial charge in [0.25, 0.3) is 0 Å². The maximum Gasteiger partial charge on any atom is 0.250 e. The van der Waals surface area contributed by atoms with E-state index in [-0.39, 0.29) is 51.3 Å². The van der Waals surface area contributed by atoms with Gasteiger partial charge in [-0.05, 0) is 113 Å². The molecule has 0 radical (unpaired) electrons. The van der Waals surface area contributed by atoms with Crippen molar-refractivity contribution in [3.8, 4) is 0 Å². The highest BCUT2D eigenvalue weighted by atomic mass is 19.3. The van der Waals surface area contributed by atoms with E-state index in [1.807, 2.05) is 130 Å². The van der Waals surface area contributed by atoms with Gasteiger partial charge in [-0.2, -0.15) is 0 Å². The number of aliphatic hydroxyl groups excluding tert-OH is 7. The molecule has 0 aromatic carbocycles. The van der Waals surface area contributed by atoms with Gasteiger partial charge in [0.2, 0.25) is 5.92 Å². The van der Waals surface area contributed by atoms with Crippen molar-refractivity contribution in [2.75, 3.05) is 47.1 Å². The van der Waals surface area contributed by atoms with E-state index < -0.39 is 28.6 Å². The predicted molar refractivity (Wildman–Crippen MR) is 306 cm³/mol. The first-order valence-electron chi connectivity index (χ1n) is 27.1. The molecule has 0 heterocycles. The highest BCUT2D eigenvalue weighted by Crippen LogP contribution is 2.26. The van der Waals surface area contributed by atoms with Crippen LogP contribution in [0.3, 0.4) is 0 Å². The Hall–Kier alpha value is -0.580. The van der Waals surface area contributed by atoms with Gasteiger partial charge in [0.05, 0.1) is 42.7 Å². The van der Waals surface area contributed by atoms with Crippen molar-refractivity contribution >= 4 is 0 Å². The van der Waals surface area contributed by atoms with Crippen molar-refractivity contribution in [2.45, 2.75) is 273 Å². The summed E-state index contributed by atoms with van der Waals surface area (Å²) in [4.78, 5) is 1.99. The Morgan fingerprint density at radius 3 is 0.775 bits per heavy atom. The Balaban J connectivity index is -0.0000000737. The number of hydrogen-bond donors (Lipinski definition) is 10. The van der Waals surface area contributed by atoms with Gasteiger partial charge >= 0.3 is 0 Å². The summed E-state index contributed by atoms with van der Waals surface area (Å²) in [7, 11) is 3.93. The summed E-state index contributed by atoms with van der Waals surface area (Å²) in [6.07, 6.45) is 5.02. The Kier molecular flexibility index (Phi) is 71.0. The van der Waals surface area contributed by atoms with Gasteiger partial charge in [0, 0.05) is 32.1 Å². The molecule has 446 valence electrons. The molecule has 0 saturated carbocycles. The van der Waals surface area contributed by atoms with Crippen molar-refractivity contribution in [2.24, 2.45) is 59.2 Å². The van der Waals surface area contributed by atoms with Crippen LogP contribution in [-0.2, 0) is 0 Å². The van der Waals surface area contributed by atoms with Gasteiger partial charge in [-0.1, -0.05) is 180 Å². The van der Waals surface area contributed by atoms with Crippen LogP contribution in [0.4, 0.5) is 8.78 Å². The molecule has 0 aliphatic carbocycles. The highest BCUT2D eigenvalue weighted by Gasteiger charge is 2.30. The minimum absolute atomic E-state index is 0. The predicted octanol–water partition coefficient (Wildman–Crippen LogP) is 12.4. The number of aliphatic hydroxyl groups is 10. The van der Waals surface area contributed by atoms with Crippen LogP contribution in [0.5, 0.6) is 0 Å². The minimum Gasteiger partial charge on any atom is -0.396 e. The second kappa shape index (κ2) is 54.2.